The van der Waals surface area contributed by atoms with E-state index in [9.17, 15) is 4.79 Å². The number of nitrogens with one attached hydrogen (secondary N) is 2. The van der Waals surface area contributed by atoms with Crippen LogP contribution >= 0.6 is 0 Å². The van der Waals surface area contributed by atoms with Gasteiger partial charge in [0, 0.05) is 0 Å². The van der Waals surface area contributed by atoms with Crippen molar-refractivity contribution in [2.75, 3.05) is 5.32 Å². The lowest BCUT2D eigenvalue weighted by Crippen LogP contribution is -2.20. The number of hydrogen-bond donors (Lipinski definition) is 3. The van der Waals surface area contributed by atoms with Crippen molar-refractivity contribution in [3.05, 3.63) is 12.5 Å². The van der Waals surface area contributed by atoms with Gasteiger partial charge in [-0.3, -0.25) is 5.32 Å². The van der Waals surface area contributed by atoms with Gasteiger partial charge in [0.15, 0.2) is 5.65 Å². The minimum Gasteiger partial charge on any atom is -0.351 e. The van der Waals surface area contributed by atoms with Crippen molar-refractivity contribution < 1.29 is 4.79 Å². The maximum absolute atomic E-state index is 10.4. The molecule has 13 heavy (non-hydrogen) atoms. The summed E-state index contributed by atoms with van der Waals surface area (Å²) in [5.41, 5.74) is 6.07. The first-order valence-electron chi connectivity index (χ1n) is 3.48. The molecule has 2 amide bonds. The molecule has 7 heteroatoms. The number of imidazole rings is 1. The van der Waals surface area contributed by atoms with Crippen LogP contribution in [0.1, 0.15) is 0 Å². The molecule has 0 radical (unpaired) electrons. The Labute approximate surface area is 72.4 Å². The lowest BCUT2D eigenvalue weighted by atomic mass is 10.6. The minimum absolute atomic E-state index is 0.145. The van der Waals surface area contributed by atoms with E-state index in [0.29, 0.717) is 11.2 Å². The molecule has 0 aliphatic rings. The van der Waals surface area contributed by atoms with Crippen molar-refractivity contribution >= 4 is 23.1 Å². The van der Waals surface area contributed by atoms with E-state index in [-0.39, 0.29) is 5.95 Å². The monoisotopic (exact) mass is 178 g/mol. The predicted molar refractivity (Wildman–Crippen MR) is 44.9 cm³/mol. The molecule has 0 fully saturated rings. The highest BCUT2D eigenvalue weighted by Gasteiger charge is 2.02. The van der Waals surface area contributed by atoms with Gasteiger partial charge in [-0.15, -0.1) is 0 Å². The maximum Gasteiger partial charge on any atom is 0.319 e. The fourth-order valence-corrected chi connectivity index (χ4v) is 0.906. The molecule has 2 aromatic heterocycles. The Hall–Kier alpha value is -2.18. The minimum atomic E-state index is -0.699. The molecule has 0 aromatic carbocycles. The molecule has 0 aliphatic heterocycles. The molecule has 0 saturated carbocycles. The van der Waals surface area contributed by atoms with E-state index in [1.165, 1.54) is 12.5 Å². The van der Waals surface area contributed by atoms with Crippen LogP contribution in [-0.2, 0) is 0 Å². The standard InChI is InChI=1S/C6H6N6O/c7-5(13)12-6-8-1-3-4(11-6)10-2-9-3/h1-2H,(H4,7,8,9,10,11,12,13). The first-order valence-corrected chi connectivity index (χ1v) is 3.48. The number of carbonyl (C=O) groups is 1. The molecule has 0 spiro atoms. The number of carbonyl (C=O) groups excluding carboxylic acids is 1. The largest absolute Gasteiger partial charge is 0.351 e. The predicted octanol–water partition coefficient (Wildman–Crippen LogP) is -0.157. The summed E-state index contributed by atoms with van der Waals surface area (Å²) in [7, 11) is 0. The van der Waals surface area contributed by atoms with E-state index in [2.05, 4.69) is 25.3 Å². The second-order valence-corrected chi connectivity index (χ2v) is 2.32. The van der Waals surface area contributed by atoms with Crippen molar-refractivity contribution in [3.63, 3.8) is 0 Å². The van der Waals surface area contributed by atoms with Gasteiger partial charge < -0.3 is 10.7 Å². The smallest absolute Gasteiger partial charge is 0.319 e. The van der Waals surface area contributed by atoms with Crippen molar-refractivity contribution in [3.8, 4) is 0 Å². The summed E-state index contributed by atoms with van der Waals surface area (Å²) in [6.07, 6.45) is 3.01. The van der Waals surface area contributed by atoms with Crippen LogP contribution in [0.4, 0.5) is 10.7 Å². The molecular weight excluding hydrogens is 172 g/mol. The molecule has 0 atom stereocenters. The second kappa shape index (κ2) is 2.70. The van der Waals surface area contributed by atoms with Crippen LogP contribution in [0.3, 0.4) is 0 Å². The molecule has 0 bridgehead atoms. The van der Waals surface area contributed by atoms with Crippen LogP contribution in [-0.4, -0.2) is 26.0 Å². The zero-order valence-corrected chi connectivity index (χ0v) is 6.48. The molecule has 4 N–H and O–H groups in total. The average Bonchev–Trinajstić information content (AvgIpc) is 2.49. The number of rotatable bonds is 1. The third-order valence-electron chi connectivity index (χ3n) is 1.41. The highest BCUT2D eigenvalue weighted by atomic mass is 16.2. The van der Waals surface area contributed by atoms with Crippen molar-refractivity contribution in [1.29, 1.82) is 0 Å². The average molecular weight is 178 g/mol. The number of nitrogens with zero attached hydrogens (tertiary/aromatic N) is 3. The molecule has 0 saturated heterocycles. The van der Waals surface area contributed by atoms with Gasteiger partial charge in [-0.2, -0.15) is 4.98 Å². The van der Waals surface area contributed by atoms with Crippen LogP contribution < -0.4 is 11.1 Å². The van der Waals surface area contributed by atoms with Crippen LogP contribution in [0, 0.1) is 0 Å². The normalized spacial score (nSPS) is 10.2. The zero-order valence-electron chi connectivity index (χ0n) is 6.48. The number of nitrogens with two attached hydrogens (primary N) is 1. The SMILES string of the molecule is NC(=O)Nc1ncc2[nH]cnc2n1. The molecule has 0 unspecified atom stereocenters. The van der Waals surface area contributed by atoms with Crippen LogP contribution in [0.2, 0.25) is 0 Å². The third-order valence-corrected chi connectivity index (χ3v) is 1.41. The highest BCUT2D eigenvalue weighted by molar-refractivity contribution is 5.86. The van der Waals surface area contributed by atoms with E-state index >= 15 is 0 Å². The van der Waals surface area contributed by atoms with Gasteiger partial charge in [-0.25, -0.2) is 14.8 Å². The molecule has 7 nitrogen and oxygen atoms in total. The topological polar surface area (TPSA) is 110 Å². The van der Waals surface area contributed by atoms with Gasteiger partial charge in [-0.1, -0.05) is 0 Å². The summed E-state index contributed by atoms with van der Waals surface area (Å²) in [6, 6.07) is -0.699. The molecule has 2 rings (SSSR count). The van der Waals surface area contributed by atoms with E-state index < -0.39 is 6.03 Å². The Morgan fingerprint density at radius 1 is 1.54 bits per heavy atom. The number of aromatic nitrogens is 4. The first-order chi connectivity index (χ1) is 6.25. The van der Waals surface area contributed by atoms with Crippen molar-refractivity contribution in [2.45, 2.75) is 0 Å². The number of fused-ring (bicyclic) bond motifs is 1. The van der Waals surface area contributed by atoms with Crippen LogP contribution in [0.15, 0.2) is 12.5 Å². The van der Waals surface area contributed by atoms with E-state index in [1.54, 1.807) is 0 Å². The number of H-pyrrole nitrogens is 1. The molecule has 2 heterocycles. The van der Waals surface area contributed by atoms with Gasteiger partial charge >= 0.3 is 6.03 Å². The summed E-state index contributed by atoms with van der Waals surface area (Å²) >= 11 is 0. The van der Waals surface area contributed by atoms with Crippen molar-refractivity contribution in [1.82, 2.24) is 19.9 Å². The van der Waals surface area contributed by atoms with Gasteiger partial charge in [0.1, 0.15) is 5.52 Å². The third kappa shape index (κ3) is 1.39. The fourth-order valence-electron chi connectivity index (χ4n) is 0.906. The van der Waals surface area contributed by atoms with Gasteiger partial charge in [0.2, 0.25) is 5.95 Å². The molecule has 0 aliphatic carbocycles. The number of amides is 2. The second-order valence-electron chi connectivity index (χ2n) is 2.32. The number of primary amides is 1. The Morgan fingerprint density at radius 3 is 3.15 bits per heavy atom. The van der Waals surface area contributed by atoms with E-state index in [4.69, 9.17) is 5.73 Å². The van der Waals surface area contributed by atoms with E-state index in [0.717, 1.165) is 0 Å². The van der Waals surface area contributed by atoms with Gasteiger partial charge in [-0.05, 0) is 0 Å². The summed E-state index contributed by atoms with van der Waals surface area (Å²) in [4.78, 5) is 24.9. The Morgan fingerprint density at radius 2 is 2.38 bits per heavy atom. The highest BCUT2D eigenvalue weighted by Crippen LogP contribution is 2.06. The lowest BCUT2D eigenvalue weighted by Gasteiger charge is -1.97. The number of anilines is 1. The quantitative estimate of drug-likeness (QED) is 0.563. The first kappa shape index (κ1) is 7.47. The van der Waals surface area contributed by atoms with Crippen LogP contribution in [0.25, 0.3) is 11.2 Å². The van der Waals surface area contributed by atoms with Crippen LogP contribution in [0.5, 0.6) is 0 Å². The molecule has 2 aromatic rings. The summed E-state index contributed by atoms with van der Waals surface area (Å²) < 4.78 is 0. The zero-order chi connectivity index (χ0) is 9.26. The number of hydrogen-bond acceptors (Lipinski definition) is 4. The van der Waals surface area contributed by atoms with Gasteiger partial charge in [0.05, 0.1) is 12.5 Å². The summed E-state index contributed by atoms with van der Waals surface area (Å²) in [5, 5.41) is 2.25. The van der Waals surface area contributed by atoms with Crippen molar-refractivity contribution in [2.24, 2.45) is 5.73 Å². The summed E-state index contributed by atoms with van der Waals surface area (Å²) in [6.45, 7) is 0. The summed E-state index contributed by atoms with van der Waals surface area (Å²) in [5.74, 6) is 0.145. The number of aromatic amines is 1. The molecule has 66 valence electrons. The maximum atomic E-state index is 10.4. The van der Waals surface area contributed by atoms with Gasteiger partial charge in [0.25, 0.3) is 0 Å². The molecular formula is C6H6N6O. The Balaban J connectivity index is 2.42. The number of urea groups is 1. The van der Waals surface area contributed by atoms with E-state index in [1.807, 2.05) is 0 Å². The Bertz CT molecular complexity index is 449. The lowest BCUT2D eigenvalue weighted by molar-refractivity contribution is 0.259. The fraction of sp³-hybridized carbons (Fsp3) is 0. The Kier molecular flexibility index (Phi) is 1.55.